The van der Waals surface area contributed by atoms with Crippen molar-refractivity contribution in [1.29, 1.82) is 0 Å². The van der Waals surface area contributed by atoms with Crippen LogP contribution in [0.1, 0.15) is 43.1 Å². The van der Waals surface area contributed by atoms with Gasteiger partial charge in [0.15, 0.2) is 5.78 Å². The fraction of sp³-hybridized carbons (Fsp3) is 0.688. The lowest BCUT2D eigenvalue weighted by Crippen LogP contribution is -2.49. The van der Waals surface area contributed by atoms with Gasteiger partial charge in [0.25, 0.3) is 0 Å². The number of imidazole rings is 1. The molecule has 6 nitrogen and oxygen atoms in total. The lowest BCUT2D eigenvalue weighted by Gasteiger charge is -2.41. The zero-order chi connectivity index (χ0) is 15.7. The van der Waals surface area contributed by atoms with Gasteiger partial charge in [-0.05, 0) is 50.0 Å². The zero-order valence-corrected chi connectivity index (χ0v) is 12.9. The van der Waals surface area contributed by atoms with Gasteiger partial charge in [-0.25, -0.2) is 4.98 Å². The lowest BCUT2D eigenvalue weighted by atomic mass is 9.69. The Balaban J connectivity index is 1.59. The molecule has 1 aliphatic carbocycles. The summed E-state index contributed by atoms with van der Waals surface area (Å²) in [4.78, 5) is 26.6. The summed E-state index contributed by atoms with van der Waals surface area (Å²) in [5, 5.41) is 12.3. The number of Topliss-reactive ketones (excluding diaryl/α,β-unsaturated/α-hetero) is 1. The van der Waals surface area contributed by atoms with Crippen molar-refractivity contribution in [3.63, 3.8) is 0 Å². The second-order valence-electron chi connectivity index (χ2n) is 6.75. The van der Waals surface area contributed by atoms with Gasteiger partial charge in [0.1, 0.15) is 11.7 Å². The van der Waals surface area contributed by atoms with Gasteiger partial charge in [0.05, 0.1) is 6.33 Å². The van der Waals surface area contributed by atoms with Gasteiger partial charge in [-0.3, -0.25) is 9.59 Å². The van der Waals surface area contributed by atoms with Crippen LogP contribution in [-0.2, 0) is 11.3 Å². The van der Waals surface area contributed by atoms with E-state index in [1.54, 1.807) is 6.33 Å². The summed E-state index contributed by atoms with van der Waals surface area (Å²) in [6.45, 7) is 3.22. The Hall–Kier alpha value is -1.69. The van der Waals surface area contributed by atoms with Crippen molar-refractivity contribution >= 4 is 11.8 Å². The Morgan fingerprint density at radius 2 is 2.18 bits per heavy atom. The Morgan fingerprint density at radius 3 is 2.86 bits per heavy atom. The number of carbonyl (C=O) groups excluding carboxylic acids is 1. The molecule has 1 aromatic rings. The number of carbonyl (C=O) groups is 2. The molecule has 0 unspecified atom stereocenters. The number of nitrogens with zero attached hydrogens (tertiary/aromatic N) is 2. The monoisotopic (exact) mass is 305 g/mol. The average Bonchev–Trinajstić information content (AvgIpc) is 2.95. The number of rotatable bonds is 4. The van der Waals surface area contributed by atoms with E-state index in [9.17, 15) is 14.7 Å². The predicted molar refractivity (Wildman–Crippen MR) is 80.6 cm³/mol. The highest BCUT2D eigenvalue weighted by Gasteiger charge is 2.37. The number of carboxylic acid groups (broad SMARTS) is 1. The number of fused-ring (bicyclic) bond motifs is 1. The number of piperidine rings is 1. The van der Waals surface area contributed by atoms with Gasteiger partial charge in [0.2, 0.25) is 0 Å². The fourth-order valence-electron chi connectivity index (χ4n) is 3.95. The topological polar surface area (TPSA) is 84.2 Å². The molecule has 1 aliphatic heterocycles. The second-order valence-corrected chi connectivity index (χ2v) is 6.75. The van der Waals surface area contributed by atoms with Crippen LogP contribution in [-0.4, -0.2) is 39.0 Å². The summed E-state index contributed by atoms with van der Waals surface area (Å²) in [5.41, 5.74) is 0.515. The highest BCUT2D eigenvalue weighted by molar-refractivity contribution is 5.91. The van der Waals surface area contributed by atoms with Crippen molar-refractivity contribution in [1.82, 2.24) is 14.9 Å². The molecule has 4 atom stereocenters. The van der Waals surface area contributed by atoms with Gasteiger partial charge in [0, 0.05) is 19.7 Å². The summed E-state index contributed by atoms with van der Waals surface area (Å²) in [7, 11) is 0. The normalized spacial score (nSPS) is 31.5. The predicted octanol–water partition coefficient (Wildman–Crippen LogP) is 1.56. The van der Waals surface area contributed by atoms with E-state index in [1.807, 2.05) is 10.8 Å². The minimum absolute atomic E-state index is 0.00915. The van der Waals surface area contributed by atoms with Crippen LogP contribution in [0.15, 0.2) is 12.5 Å². The molecule has 2 heterocycles. The van der Waals surface area contributed by atoms with Crippen LogP contribution >= 0.6 is 0 Å². The number of aromatic nitrogens is 2. The standard InChI is InChI=1S/C16H23N3O3/c1-10(20)15-8-19(9-18-15)7-11-2-3-12-6-17-14(16(21)22)5-13(12)4-11/h8-9,11-14,17H,2-7H2,1H3,(H,21,22)/t11-,12-,13+,14-/m0/s1. The molecule has 0 aromatic carbocycles. The molecule has 22 heavy (non-hydrogen) atoms. The highest BCUT2D eigenvalue weighted by atomic mass is 16.4. The van der Waals surface area contributed by atoms with E-state index in [0.717, 1.165) is 38.8 Å². The van der Waals surface area contributed by atoms with Crippen molar-refractivity contribution in [3.05, 3.63) is 18.2 Å². The fourth-order valence-corrected chi connectivity index (χ4v) is 3.95. The van der Waals surface area contributed by atoms with Gasteiger partial charge in [-0.1, -0.05) is 0 Å². The summed E-state index contributed by atoms with van der Waals surface area (Å²) in [5.74, 6) is 0.911. The molecule has 0 spiro atoms. The van der Waals surface area contributed by atoms with E-state index in [1.165, 1.54) is 6.92 Å². The Morgan fingerprint density at radius 1 is 1.36 bits per heavy atom. The van der Waals surface area contributed by atoms with Gasteiger partial charge < -0.3 is 15.0 Å². The zero-order valence-electron chi connectivity index (χ0n) is 12.9. The first kappa shape index (κ1) is 15.2. The molecule has 6 heteroatoms. The SMILES string of the molecule is CC(=O)c1cn(C[C@H]2CC[C@H]3CN[C@H](C(=O)O)C[C@H]3C2)cn1. The number of hydrogen-bond acceptors (Lipinski definition) is 4. The number of nitrogens with one attached hydrogen (secondary N) is 1. The smallest absolute Gasteiger partial charge is 0.320 e. The maximum Gasteiger partial charge on any atom is 0.320 e. The molecule has 1 aromatic heterocycles. The molecule has 1 saturated heterocycles. The summed E-state index contributed by atoms with van der Waals surface area (Å²) in [6.07, 6.45) is 7.67. The third kappa shape index (κ3) is 3.21. The highest BCUT2D eigenvalue weighted by Crippen LogP contribution is 2.39. The summed E-state index contributed by atoms with van der Waals surface area (Å²) in [6, 6.07) is -0.391. The molecule has 2 aliphatic rings. The van der Waals surface area contributed by atoms with E-state index in [-0.39, 0.29) is 5.78 Å². The van der Waals surface area contributed by atoms with Crippen molar-refractivity contribution in [2.24, 2.45) is 17.8 Å². The molecule has 0 bridgehead atoms. The van der Waals surface area contributed by atoms with Crippen molar-refractivity contribution in [2.45, 2.75) is 45.2 Å². The number of aliphatic carboxylic acids is 1. The maximum atomic E-state index is 11.3. The van der Waals surface area contributed by atoms with Gasteiger partial charge in [-0.2, -0.15) is 0 Å². The third-order valence-corrected chi connectivity index (χ3v) is 5.17. The Bertz CT molecular complexity index is 569. The van der Waals surface area contributed by atoms with Crippen LogP contribution in [0.4, 0.5) is 0 Å². The molecular formula is C16H23N3O3. The lowest BCUT2D eigenvalue weighted by molar-refractivity contribution is -0.141. The molecule has 2 N–H and O–H groups in total. The number of hydrogen-bond donors (Lipinski definition) is 2. The van der Waals surface area contributed by atoms with Crippen molar-refractivity contribution in [2.75, 3.05) is 6.54 Å². The van der Waals surface area contributed by atoms with Crippen LogP contribution in [0.3, 0.4) is 0 Å². The first-order chi connectivity index (χ1) is 10.5. The van der Waals surface area contributed by atoms with Crippen LogP contribution in [0.2, 0.25) is 0 Å². The summed E-state index contributed by atoms with van der Waals surface area (Å²) < 4.78 is 2.00. The minimum atomic E-state index is -0.735. The van der Waals surface area contributed by atoms with E-state index >= 15 is 0 Å². The average molecular weight is 305 g/mol. The first-order valence-corrected chi connectivity index (χ1v) is 8.02. The summed E-state index contributed by atoms with van der Waals surface area (Å²) >= 11 is 0. The quantitative estimate of drug-likeness (QED) is 0.825. The second kappa shape index (κ2) is 6.20. The Kier molecular flexibility index (Phi) is 4.29. The van der Waals surface area contributed by atoms with E-state index in [4.69, 9.17) is 0 Å². The van der Waals surface area contributed by atoms with E-state index in [2.05, 4.69) is 10.3 Å². The molecule has 0 radical (unpaired) electrons. The van der Waals surface area contributed by atoms with E-state index < -0.39 is 12.0 Å². The van der Waals surface area contributed by atoms with Crippen molar-refractivity contribution in [3.8, 4) is 0 Å². The molecular weight excluding hydrogens is 282 g/mol. The maximum absolute atomic E-state index is 11.3. The molecule has 2 fully saturated rings. The molecule has 0 amide bonds. The van der Waals surface area contributed by atoms with Crippen LogP contribution in [0.5, 0.6) is 0 Å². The van der Waals surface area contributed by atoms with E-state index in [0.29, 0.717) is 23.4 Å². The first-order valence-electron chi connectivity index (χ1n) is 8.02. The van der Waals surface area contributed by atoms with Gasteiger partial charge in [-0.15, -0.1) is 0 Å². The van der Waals surface area contributed by atoms with Crippen molar-refractivity contribution < 1.29 is 14.7 Å². The van der Waals surface area contributed by atoms with Crippen LogP contribution < -0.4 is 5.32 Å². The minimum Gasteiger partial charge on any atom is -0.480 e. The van der Waals surface area contributed by atoms with Crippen LogP contribution in [0.25, 0.3) is 0 Å². The van der Waals surface area contributed by atoms with Crippen LogP contribution in [0, 0.1) is 17.8 Å². The number of carboxylic acids is 1. The molecule has 120 valence electrons. The largest absolute Gasteiger partial charge is 0.480 e. The number of ketones is 1. The Labute approximate surface area is 129 Å². The van der Waals surface area contributed by atoms with Gasteiger partial charge >= 0.3 is 5.97 Å². The molecule has 1 saturated carbocycles. The third-order valence-electron chi connectivity index (χ3n) is 5.17. The molecule has 3 rings (SSSR count).